The lowest BCUT2D eigenvalue weighted by atomic mass is 9.96. The third kappa shape index (κ3) is 5.19. The normalized spacial score (nSPS) is 19.8. The largest absolute Gasteiger partial charge is 0.443 e. The monoisotopic (exact) mass is 361 g/mol. The van der Waals surface area contributed by atoms with Gasteiger partial charge in [-0.2, -0.15) is 0 Å². The number of hydrogen-bond acceptors (Lipinski definition) is 4. The van der Waals surface area contributed by atoms with Gasteiger partial charge in [0.05, 0.1) is 0 Å². The molecule has 2 heterocycles. The fourth-order valence-electron chi connectivity index (χ4n) is 3.48. The van der Waals surface area contributed by atoms with E-state index >= 15 is 0 Å². The number of nitrogens with zero attached hydrogens (tertiary/aromatic N) is 3. The molecule has 0 spiro atoms. The van der Waals surface area contributed by atoms with Gasteiger partial charge in [0, 0.05) is 18.3 Å². The molecule has 2 atom stereocenters. The number of likely N-dealkylation sites (tertiary alicyclic amines) is 1. The molecule has 1 aliphatic rings. The Hall–Kier alpha value is -1.62. The van der Waals surface area contributed by atoms with Crippen molar-refractivity contribution in [1.82, 2.24) is 9.88 Å². The Balaban J connectivity index is 2.22. The molecule has 0 radical (unpaired) electrons. The van der Waals surface area contributed by atoms with Gasteiger partial charge >= 0.3 is 6.09 Å². The lowest BCUT2D eigenvalue weighted by Gasteiger charge is -2.35. The van der Waals surface area contributed by atoms with Gasteiger partial charge < -0.3 is 4.74 Å². The van der Waals surface area contributed by atoms with Crippen molar-refractivity contribution in [2.75, 3.05) is 18.0 Å². The molecule has 5 nitrogen and oxygen atoms in total. The van der Waals surface area contributed by atoms with E-state index in [0.717, 1.165) is 19.5 Å². The highest BCUT2D eigenvalue weighted by Gasteiger charge is 2.28. The number of rotatable bonds is 5. The molecule has 0 N–H and O–H groups in total. The molecule has 26 heavy (non-hydrogen) atoms. The van der Waals surface area contributed by atoms with Gasteiger partial charge in [-0.05, 0) is 71.7 Å². The summed E-state index contributed by atoms with van der Waals surface area (Å²) in [4.78, 5) is 21.5. The topological polar surface area (TPSA) is 45.7 Å². The lowest BCUT2D eigenvalue weighted by molar-refractivity contribution is 0.0566. The average Bonchev–Trinajstić information content (AvgIpc) is 2.60. The zero-order valence-electron chi connectivity index (χ0n) is 17.3. The number of hydrogen-bond donors (Lipinski definition) is 0. The molecule has 1 aromatic rings. The summed E-state index contributed by atoms with van der Waals surface area (Å²) in [5.74, 6) is 0.663. The van der Waals surface area contributed by atoms with Crippen LogP contribution < -0.4 is 4.90 Å². The van der Waals surface area contributed by atoms with Crippen LogP contribution in [-0.4, -0.2) is 40.7 Å². The maximum absolute atomic E-state index is 12.7. The second kappa shape index (κ2) is 8.85. The van der Waals surface area contributed by atoms with Crippen molar-refractivity contribution >= 4 is 11.9 Å². The molecule has 0 unspecified atom stereocenters. The molecule has 146 valence electrons. The van der Waals surface area contributed by atoms with Crippen LogP contribution in [0.3, 0.4) is 0 Å². The van der Waals surface area contributed by atoms with Crippen LogP contribution in [0.15, 0.2) is 18.3 Å². The van der Waals surface area contributed by atoms with Crippen molar-refractivity contribution in [3.8, 4) is 0 Å². The van der Waals surface area contributed by atoms with Gasteiger partial charge in [0.1, 0.15) is 11.4 Å². The maximum atomic E-state index is 12.7. The number of aromatic nitrogens is 1. The minimum atomic E-state index is -0.521. The molecule has 1 amide bonds. The Bertz CT molecular complexity index is 580. The van der Waals surface area contributed by atoms with E-state index in [1.54, 1.807) is 4.90 Å². The molecule has 1 saturated heterocycles. The van der Waals surface area contributed by atoms with Crippen molar-refractivity contribution in [1.29, 1.82) is 0 Å². The highest BCUT2D eigenvalue weighted by molar-refractivity contribution is 5.87. The Morgan fingerprint density at radius 2 is 2.08 bits per heavy atom. The molecule has 0 aromatic carbocycles. The molecule has 0 aliphatic carbocycles. The average molecular weight is 362 g/mol. The van der Waals surface area contributed by atoms with Gasteiger partial charge in [0.15, 0.2) is 0 Å². The summed E-state index contributed by atoms with van der Waals surface area (Å²) in [5, 5.41) is 0. The first-order valence-corrected chi connectivity index (χ1v) is 9.99. The van der Waals surface area contributed by atoms with Gasteiger partial charge in [-0.3, -0.25) is 9.80 Å². The van der Waals surface area contributed by atoms with Gasteiger partial charge in [0.2, 0.25) is 0 Å². The van der Waals surface area contributed by atoms with E-state index in [1.165, 1.54) is 24.8 Å². The summed E-state index contributed by atoms with van der Waals surface area (Å²) in [6.07, 6.45) is 6.16. The van der Waals surface area contributed by atoms with Gasteiger partial charge in [-0.1, -0.05) is 26.3 Å². The van der Waals surface area contributed by atoms with Crippen LogP contribution in [0.2, 0.25) is 0 Å². The van der Waals surface area contributed by atoms with E-state index in [0.29, 0.717) is 11.9 Å². The molecule has 1 fully saturated rings. The molecule has 1 aromatic heterocycles. The van der Waals surface area contributed by atoms with Gasteiger partial charge in [-0.15, -0.1) is 0 Å². The van der Waals surface area contributed by atoms with Crippen molar-refractivity contribution in [2.45, 2.75) is 84.9 Å². The van der Waals surface area contributed by atoms with Crippen LogP contribution in [0.4, 0.5) is 10.6 Å². The van der Waals surface area contributed by atoms with Crippen LogP contribution in [-0.2, 0) is 4.74 Å². The third-order valence-electron chi connectivity index (χ3n) is 5.04. The number of carbonyl (C=O) groups excluding carboxylic acids is 1. The number of ether oxygens (including phenoxy) is 1. The molecule has 1 aliphatic heterocycles. The second-order valence-corrected chi connectivity index (χ2v) is 8.20. The van der Waals surface area contributed by atoms with Crippen LogP contribution in [0.25, 0.3) is 0 Å². The summed E-state index contributed by atoms with van der Waals surface area (Å²) in [6, 6.07) is 4.56. The summed E-state index contributed by atoms with van der Waals surface area (Å²) in [7, 11) is 0. The van der Waals surface area contributed by atoms with Crippen molar-refractivity contribution in [2.24, 2.45) is 0 Å². The quantitative estimate of drug-likeness (QED) is 0.726. The summed E-state index contributed by atoms with van der Waals surface area (Å²) in [6.45, 7) is 14.2. The zero-order valence-corrected chi connectivity index (χ0v) is 17.3. The maximum Gasteiger partial charge on any atom is 0.416 e. The first-order valence-electron chi connectivity index (χ1n) is 9.99. The van der Waals surface area contributed by atoms with Gasteiger partial charge in [0.25, 0.3) is 0 Å². The van der Waals surface area contributed by atoms with E-state index in [2.05, 4.69) is 29.8 Å². The summed E-state index contributed by atoms with van der Waals surface area (Å²) >= 11 is 0. The first kappa shape index (κ1) is 20.7. The number of anilines is 1. The number of piperidine rings is 1. The summed E-state index contributed by atoms with van der Waals surface area (Å²) in [5.41, 5.74) is 0.718. The smallest absolute Gasteiger partial charge is 0.416 e. The van der Waals surface area contributed by atoms with E-state index < -0.39 is 5.60 Å². The van der Waals surface area contributed by atoms with E-state index in [9.17, 15) is 4.79 Å². The number of amides is 1. The summed E-state index contributed by atoms with van der Waals surface area (Å²) < 4.78 is 5.60. The standard InChI is InChI=1S/C21H35N3O2/c1-7-16(3)24(20(25)26-21(4,5)6)19-13-12-17(15-22-19)18-11-9-10-14-23(18)8-2/h12-13,15-16,18H,7-11,14H2,1-6H3/t16-,18-/m0/s1. The molecule has 5 heteroatoms. The Morgan fingerprint density at radius 3 is 2.62 bits per heavy atom. The van der Waals surface area contributed by atoms with E-state index in [1.807, 2.05) is 40.0 Å². The van der Waals surface area contributed by atoms with Crippen molar-refractivity contribution in [3.05, 3.63) is 23.9 Å². The Labute approximate surface area is 158 Å². The highest BCUT2D eigenvalue weighted by Crippen LogP contribution is 2.31. The second-order valence-electron chi connectivity index (χ2n) is 8.20. The van der Waals surface area contributed by atoms with Crippen molar-refractivity contribution < 1.29 is 9.53 Å². The minimum absolute atomic E-state index is 0.0324. The molecule has 0 saturated carbocycles. The molecule has 0 bridgehead atoms. The SMILES string of the molecule is CC[C@H](C)N(C(=O)OC(C)(C)C)c1ccc([C@@H]2CCCCN2CC)cn1. The van der Waals surface area contributed by atoms with Crippen LogP contribution in [0, 0.1) is 0 Å². The van der Waals surface area contributed by atoms with Crippen LogP contribution in [0.1, 0.15) is 78.8 Å². The van der Waals surface area contributed by atoms with Gasteiger partial charge in [-0.25, -0.2) is 9.78 Å². The van der Waals surface area contributed by atoms with E-state index in [4.69, 9.17) is 4.74 Å². The number of pyridine rings is 1. The third-order valence-corrected chi connectivity index (χ3v) is 5.04. The molecule has 2 rings (SSSR count). The van der Waals surface area contributed by atoms with Crippen LogP contribution >= 0.6 is 0 Å². The highest BCUT2D eigenvalue weighted by atomic mass is 16.6. The predicted molar refractivity (Wildman–Crippen MR) is 107 cm³/mol. The fraction of sp³-hybridized carbons (Fsp3) is 0.714. The molecular weight excluding hydrogens is 326 g/mol. The predicted octanol–water partition coefficient (Wildman–Crippen LogP) is 5.17. The Kier molecular flexibility index (Phi) is 7.04. The van der Waals surface area contributed by atoms with Crippen molar-refractivity contribution in [3.63, 3.8) is 0 Å². The fourth-order valence-corrected chi connectivity index (χ4v) is 3.48. The van der Waals surface area contributed by atoms with Crippen LogP contribution in [0.5, 0.6) is 0 Å². The zero-order chi connectivity index (χ0) is 19.3. The lowest BCUT2D eigenvalue weighted by Crippen LogP contribution is -2.42. The number of carbonyl (C=O) groups is 1. The first-order chi connectivity index (χ1) is 12.3. The minimum Gasteiger partial charge on any atom is -0.443 e. The Morgan fingerprint density at radius 1 is 1.35 bits per heavy atom. The molecular formula is C21H35N3O2. The van der Waals surface area contributed by atoms with E-state index in [-0.39, 0.29) is 12.1 Å².